The zero-order valence-electron chi connectivity index (χ0n) is 12.8. The molecule has 0 fully saturated rings. The number of aryl methyl sites for hydroxylation is 2. The largest absolute Gasteiger partial charge is 0.517 e. The summed E-state index contributed by atoms with van der Waals surface area (Å²) in [5, 5.41) is 26.1. The van der Waals surface area contributed by atoms with Crippen LogP contribution in [0.2, 0.25) is 0 Å². The zero-order valence-corrected chi connectivity index (χ0v) is 12.8. The van der Waals surface area contributed by atoms with Gasteiger partial charge >= 0.3 is 7.05 Å². The Bertz CT molecular complexity index is 731. The monoisotopic (exact) mass is 313 g/mol. The SMILES string of the molecule is Cc1cccc(C)c1CNc1cc(B(O)N=O)cc([N+](=O)[O-])c1. The minimum Gasteiger partial charge on any atom is -0.425 e. The quantitative estimate of drug-likeness (QED) is 0.368. The van der Waals surface area contributed by atoms with Crippen LogP contribution in [0.25, 0.3) is 0 Å². The molecule has 0 atom stereocenters. The number of nitroso groups, excluding NO2 is 1. The smallest absolute Gasteiger partial charge is 0.425 e. The second-order valence-corrected chi connectivity index (χ2v) is 5.27. The van der Waals surface area contributed by atoms with E-state index in [1.165, 1.54) is 12.1 Å². The highest BCUT2D eigenvalue weighted by Gasteiger charge is 2.20. The third-order valence-electron chi connectivity index (χ3n) is 3.66. The molecule has 118 valence electrons. The van der Waals surface area contributed by atoms with Crippen LogP contribution in [0.4, 0.5) is 11.4 Å². The maximum atomic E-state index is 11.0. The lowest BCUT2D eigenvalue weighted by Crippen LogP contribution is -2.28. The lowest BCUT2D eigenvalue weighted by molar-refractivity contribution is -0.384. The van der Waals surface area contributed by atoms with Crippen molar-refractivity contribution in [1.82, 2.24) is 0 Å². The van der Waals surface area contributed by atoms with Gasteiger partial charge < -0.3 is 10.3 Å². The van der Waals surface area contributed by atoms with Crippen molar-refractivity contribution in [2.75, 3.05) is 5.32 Å². The van der Waals surface area contributed by atoms with Gasteiger partial charge in [-0.15, -0.1) is 0 Å². The van der Waals surface area contributed by atoms with Crippen LogP contribution in [-0.2, 0) is 6.54 Å². The van der Waals surface area contributed by atoms with E-state index in [0.717, 1.165) is 22.8 Å². The fourth-order valence-corrected chi connectivity index (χ4v) is 2.37. The average molecular weight is 313 g/mol. The molecule has 8 heteroatoms. The standard InChI is InChI=1S/C15H16BN3O4/c1-10-4-3-5-11(2)15(10)9-17-13-6-12(16(20)18-21)7-14(8-13)19(22)23/h3-8,17,20H,9H2,1-2H3. The molecule has 0 amide bonds. The highest BCUT2D eigenvalue weighted by molar-refractivity contribution is 6.64. The van der Waals surface area contributed by atoms with E-state index in [4.69, 9.17) is 0 Å². The number of nitrogens with zero attached hydrogens (tertiary/aromatic N) is 2. The molecule has 0 aliphatic heterocycles. The molecule has 0 aliphatic rings. The van der Waals surface area contributed by atoms with Crippen LogP contribution in [0.3, 0.4) is 0 Å². The first kappa shape index (κ1) is 16.6. The highest BCUT2D eigenvalue weighted by Crippen LogP contribution is 2.19. The molecule has 7 nitrogen and oxygen atoms in total. The first-order valence-corrected chi connectivity index (χ1v) is 7.01. The van der Waals surface area contributed by atoms with E-state index in [1.54, 1.807) is 0 Å². The summed E-state index contributed by atoms with van der Waals surface area (Å²) in [6.07, 6.45) is 0. The van der Waals surface area contributed by atoms with Gasteiger partial charge in [-0.2, -0.15) is 4.91 Å². The molecule has 0 saturated heterocycles. The molecular weight excluding hydrogens is 297 g/mol. The van der Waals surface area contributed by atoms with Crippen LogP contribution in [0.5, 0.6) is 0 Å². The Morgan fingerprint density at radius 2 is 1.91 bits per heavy atom. The van der Waals surface area contributed by atoms with Crippen molar-refractivity contribution in [2.24, 2.45) is 5.09 Å². The molecule has 0 unspecified atom stereocenters. The Balaban J connectivity index is 2.30. The summed E-state index contributed by atoms with van der Waals surface area (Å²) in [4.78, 5) is 20.9. The fourth-order valence-electron chi connectivity index (χ4n) is 2.37. The Hall–Kier alpha value is -2.74. The number of nitro groups is 1. The summed E-state index contributed by atoms with van der Waals surface area (Å²) >= 11 is 0. The number of nitrogens with one attached hydrogen (secondary N) is 1. The number of benzene rings is 2. The second kappa shape index (κ2) is 7.02. The Morgan fingerprint density at radius 3 is 2.48 bits per heavy atom. The molecule has 2 N–H and O–H groups in total. The summed E-state index contributed by atoms with van der Waals surface area (Å²) in [5.74, 6) is 0. The van der Waals surface area contributed by atoms with Gasteiger partial charge in [0.15, 0.2) is 0 Å². The van der Waals surface area contributed by atoms with Crippen molar-refractivity contribution in [1.29, 1.82) is 0 Å². The third kappa shape index (κ3) is 3.92. The topological polar surface area (TPSA) is 105 Å². The number of rotatable bonds is 6. The van der Waals surface area contributed by atoms with Gasteiger partial charge in [0.2, 0.25) is 0 Å². The average Bonchev–Trinajstić information content (AvgIpc) is 2.53. The minimum atomic E-state index is -1.63. The molecule has 0 heterocycles. The summed E-state index contributed by atoms with van der Waals surface area (Å²) < 4.78 is 0. The normalized spacial score (nSPS) is 10.2. The molecular formula is C15H16BN3O4. The number of hydrogen-bond acceptors (Lipinski definition) is 6. The van der Waals surface area contributed by atoms with Crippen LogP contribution in [0.15, 0.2) is 41.5 Å². The van der Waals surface area contributed by atoms with Crippen LogP contribution >= 0.6 is 0 Å². The second-order valence-electron chi connectivity index (χ2n) is 5.27. The summed E-state index contributed by atoms with van der Waals surface area (Å²) in [6.45, 7) is 4.45. The van der Waals surface area contributed by atoms with Gasteiger partial charge in [0.05, 0.1) is 4.92 Å². The summed E-state index contributed by atoms with van der Waals surface area (Å²) in [5.41, 5.74) is 3.62. The predicted molar refractivity (Wildman–Crippen MR) is 89.7 cm³/mol. The van der Waals surface area contributed by atoms with Gasteiger partial charge in [-0.3, -0.25) is 10.1 Å². The Labute approximate surface area is 133 Å². The van der Waals surface area contributed by atoms with E-state index >= 15 is 0 Å². The first-order chi connectivity index (χ1) is 10.9. The molecule has 0 bridgehead atoms. The van der Waals surface area contributed by atoms with Gasteiger partial charge in [0.1, 0.15) is 0 Å². The van der Waals surface area contributed by atoms with E-state index < -0.39 is 12.0 Å². The molecule has 2 rings (SSSR count). The number of nitro benzene ring substituents is 1. The maximum absolute atomic E-state index is 11.0. The van der Waals surface area contributed by atoms with Gasteiger partial charge in [-0.25, -0.2) is 0 Å². The van der Waals surface area contributed by atoms with Crippen LogP contribution in [0.1, 0.15) is 16.7 Å². The van der Waals surface area contributed by atoms with Crippen molar-refractivity contribution in [3.05, 3.63) is 68.1 Å². The van der Waals surface area contributed by atoms with Crippen molar-refractivity contribution in [3.8, 4) is 0 Å². The van der Waals surface area contributed by atoms with Gasteiger partial charge in [0, 0.05) is 24.4 Å². The van der Waals surface area contributed by atoms with Crippen LogP contribution in [0, 0.1) is 28.9 Å². The molecule has 0 radical (unpaired) electrons. The van der Waals surface area contributed by atoms with E-state index in [-0.39, 0.29) is 11.2 Å². The molecule has 0 aromatic heterocycles. The Kier molecular flexibility index (Phi) is 5.07. The third-order valence-corrected chi connectivity index (χ3v) is 3.66. The molecule has 0 spiro atoms. The summed E-state index contributed by atoms with van der Waals surface area (Å²) in [6, 6.07) is 9.91. The van der Waals surface area contributed by atoms with Gasteiger partial charge in [0.25, 0.3) is 5.69 Å². The molecule has 0 saturated carbocycles. The van der Waals surface area contributed by atoms with Crippen molar-refractivity contribution >= 4 is 23.9 Å². The molecule has 0 aliphatic carbocycles. The molecule has 2 aromatic carbocycles. The molecule has 23 heavy (non-hydrogen) atoms. The Morgan fingerprint density at radius 1 is 1.26 bits per heavy atom. The lowest BCUT2D eigenvalue weighted by atomic mass is 9.75. The zero-order chi connectivity index (χ0) is 17.0. The molecule has 2 aromatic rings. The van der Waals surface area contributed by atoms with E-state index in [9.17, 15) is 20.0 Å². The van der Waals surface area contributed by atoms with Gasteiger partial charge in [-0.05, 0) is 42.1 Å². The van der Waals surface area contributed by atoms with E-state index in [2.05, 4.69) is 10.4 Å². The maximum Gasteiger partial charge on any atom is 0.517 e. The van der Waals surface area contributed by atoms with Crippen molar-refractivity contribution < 1.29 is 9.95 Å². The van der Waals surface area contributed by atoms with Crippen molar-refractivity contribution in [2.45, 2.75) is 20.4 Å². The number of hydrogen-bond donors (Lipinski definition) is 2. The highest BCUT2D eigenvalue weighted by atomic mass is 16.6. The van der Waals surface area contributed by atoms with E-state index in [0.29, 0.717) is 12.2 Å². The van der Waals surface area contributed by atoms with Crippen LogP contribution < -0.4 is 10.8 Å². The van der Waals surface area contributed by atoms with Gasteiger partial charge in [-0.1, -0.05) is 23.3 Å². The number of anilines is 1. The number of non-ortho nitro benzene ring substituents is 1. The lowest BCUT2D eigenvalue weighted by Gasteiger charge is -2.12. The minimum absolute atomic E-state index is 0.0817. The fraction of sp³-hybridized carbons (Fsp3) is 0.200. The summed E-state index contributed by atoms with van der Waals surface area (Å²) in [7, 11) is -1.63. The van der Waals surface area contributed by atoms with Crippen molar-refractivity contribution in [3.63, 3.8) is 0 Å². The first-order valence-electron chi connectivity index (χ1n) is 7.01. The van der Waals surface area contributed by atoms with E-state index in [1.807, 2.05) is 32.0 Å². The van der Waals surface area contributed by atoms with Crippen LogP contribution in [-0.4, -0.2) is 17.0 Å². The predicted octanol–water partition coefficient (Wildman–Crippen LogP) is 2.28.